The SMILES string of the molecule is COc1ccc(-c2ccc3c(c2)CCC(C)(C)C3NC(=O)O[C@@H]2CN3CCC2CC3)c(OC)c1. The number of hydrogen-bond acceptors (Lipinski definition) is 5. The summed E-state index contributed by atoms with van der Waals surface area (Å²) in [5.74, 6) is 2.06. The number of piperidine rings is 3. The molecule has 1 aliphatic carbocycles. The van der Waals surface area contributed by atoms with Crippen molar-refractivity contribution in [3.8, 4) is 22.6 Å². The van der Waals surface area contributed by atoms with Crippen LogP contribution in [0, 0.1) is 11.3 Å². The van der Waals surface area contributed by atoms with Crippen molar-refractivity contribution in [3.05, 3.63) is 47.5 Å². The van der Waals surface area contributed by atoms with Crippen molar-refractivity contribution < 1.29 is 19.0 Å². The molecule has 6 heteroatoms. The molecule has 1 N–H and O–H groups in total. The van der Waals surface area contributed by atoms with Crippen molar-refractivity contribution >= 4 is 6.09 Å². The van der Waals surface area contributed by atoms with E-state index in [1.54, 1.807) is 14.2 Å². The molecule has 0 aromatic heterocycles. The van der Waals surface area contributed by atoms with E-state index in [9.17, 15) is 4.79 Å². The maximum absolute atomic E-state index is 13.0. The number of benzene rings is 2. The van der Waals surface area contributed by atoms with Gasteiger partial charge in [0, 0.05) is 18.2 Å². The van der Waals surface area contributed by atoms with E-state index >= 15 is 0 Å². The second-order valence-corrected chi connectivity index (χ2v) is 10.6. The van der Waals surface area contributed by atoms with Crippen LogP contribution in [0.4, 0.5) is 4.79 Å². The summed E-state index contributed by atoms with van der Waals surface area (Å²) in [4.78, 5) is 15.4. The minimum absolute atomic E-state index is 0.0126. The molecule has 6 nitrogen and oxygen atoms in total. The molecule has 1 unspecified atom stereocenters. The standard InChI is InChI=1S/C28H36N2O4/c1-28(2)12-9-20-15-19(22-8-6-21(32-3)16-24(22)33-4)5-7-23(20)26(28)29-27(31)34-25-17-30-13-10-18(25)11-14-30/h5-8,15-16,18,25-26H,9-14,17H2,1-4H3,(H,29,31)/t25-,26?/m1/s1. The van der Waals surface area contributed by atoms with Crippen LogP contribution in [0.5, 0.6) is 11.5 Å². The first kappa shape index (κ1) is 23.0. The molecule has 4 aliphatic rings. The number of methoxy groups -OCH3 is 2. The van der Waals surface area contributed by atoms with Crippen LogP contribution in [0.15, 0.2) is 36.4 Å². The maximum atomic E-state index is 13.0. The van der Waals surface area contributed by atoms with Crippen molar-refractivity contribution in [1.82, 2.24) is 10.2 Å². The molecular weight excluding hydrogens is 428 g/mol. The molecule has 2 aromatic rings. The van der Waals surface area contributed by atoms with Crippen LogP contribution >= 0.6 is 0 Å². The molecule has 34 heavy (non-hydrogen) atoms. The third kappa shape index (κ3) is 4.36. The summed E-state index contributed by atoms with van der Waals surface area (Å²) in [6.45, 7) is 7.61. The Morgan fingerprint density at radius 3 is 2.53 bits per heavy atom. The Hall–Kier alpha value is -2.73. The van der Waals surface area contributed by atoms with Gasteiger partial charge in [-0.1, -0.05) is 32.0 Å². The van der Waals surface area contributed by atoms with Crippen LogP contribution in [0.2, 0.25) is 0 Å². The van der Waals surface area contributed by atoms with E-state index in [-0.39, 0.29) is 23.7 Å². The van der Waals surface area contributed by atoms with Gasteiger partial charge in [-0.2, -0.15) is 0 Å². The number of carbonyl (C=O) groups is 1. The number of nitrogens with zero attached hydrogens (tertiary/aromatic N) is 1. The molecule has 6 rings (SSSR count). The van der Waals surface area contributed by atoms with Gasteiger partial charge in [0.25, 0.3) is 0 Å². The van der Waals surface area contributed by atoms with Crippen molar-refractivity contribution in [1.29, 1.82) is 0 Å². The Balaban J connectivity index is 1.37. The van der Waals surface area contributed by atoms with Gasteiger partial charge in [-0.05, 0) is 78.9 Å². The first-order valence-electron chi connectivity index (χ1n) is 12.4. The van der Waals surface area contributed by atoms with E-state index in [1.165, 1.54) is 11.1 Å². The van der Waals surface area contributed by atoms with Gasteiger partial charge in [-0.3, -0.25) is 4.90 Å². The number of alkyl carbamates (subject to hydrolysis) is 1. The highest BCUT2D eigenvalue weighted by atomic mass is 16.6. The van der Waals surface area contributed by atoms with Crippen molar-refractivity contribution in [2.45, 2.75) is 51.7 Å². The fourth-order valence-corrected chi connectivity index (χ4v) is 5.94. The molecule has 2 atom stereocenters. The number of aryl methyl sites for hydroxylation is 1. The Morgan fingerprint density at radius 2 is 1.85 bits per heavy atom. The molecule has 0 spiro atoms. The molecule has 3 aliphatic heterocycles. The molecule has 2 bridgehead atoms. The zero-order valence-corrected chi connectivity index (χ0v) is 20.7. The molecule has 1 amide bonds. The second-order valence-electron chi connectivity index (χ2n) is 10.6. The van der Waals surface area contributed by atoms with Gasteiger partial charge in [-0.15, -0.1) is 0 Å². The van der Waals surface area contributed by atoms with E-state index in [2.05, 4.69) is 42.3 Å². The lowest BCUT2D eigenvalue weighted by molar-refractivity contribution is -0.0353. The minimum Gasteiger partial charge on any atom is -0.497 e. The largest absolute Gasteiger partial charge is 0.497 e. The van der Waals surface area contributed by atoms with Gasteiger partial charge in [0.15, 0.2) is 0 Å². The maximum Gasteiger partial charge on any atom is 0.407 e. The van der Waals surface area contributed by atoms with Crippen molar-refractivity contribution in [2.24, 2.45) is 11.3 Å². The molecule has 182 valence electrons. The van der Waals surface area contributed by atoms with Gasteiger partial charge >= 0.3 is 6.09 Å². The average molecular weight is 465 g/mol. The van der Waals surface area contributed by atoms with E-state index in [0.29, 0.717) is 5.92 Å². The van der Waals surface area contributed by atoms with Crippen LogP contribution in [-0.2, 0) is 11.2 Å². The van der Waals surface area contributed by atoms with Gasteiger partial charge in [-0.25, -0.2) is 4.79 Å². The highest BCUT2D eigenvalue weighted by Crippen LogP contribution is 2.45. The lowest BCUT2D eigenvalue weighted by Crippen LogP contribution is -2.53. The monoisotopic (exact) mass is 464 g/mol. The second kappa shape index (κ2) is 9.14. The number of fused-ring (bicyclic) bond motifs is 4. The number of nitrogens with one attached hydrogen (secondary N) is 1. The summed E-state index contributed by atoms with van der Waals surface area (Å²) >= 11 is 0. The molecular formula is C28H36N2O4. The molecule has 3 heterocycles. The third-order valence-corrected chi connectivity index (χ3v) is 8.11. The fraction of sp³-hybridized carbons (Fsp3) is 0.536. The van der Waals surface area contributed by atoms with Gasteiger partial charge in [0.05, 0.1) is 20.3 Å². The number of carbonyl (C=O) groups excluding carboxylic acids is 1. The van der Waals surface area contributed by atoms with E-state index in [0.717, 1.165) is 67.9 Å². The summed E-state index contributed by atoms with van der Waals surface area (Å²) in [6, 6.07) is 12.3. The third-order valence-electron chi connectivity index (χ3n) is 8.11. The Labute approximate surface area is 202 Å². The number of amides is 1. The topological polar surface area (TPSA) is 60.0 Å². The summed E-state index contributed by atoms with van der Waals surface area (Å²) in [7, 11) is 3.34. The number of hydrogen-bond donors (Lipinski definition) is 1. The molecule has 2 aromatic carbocycles. The van der Waals surface area contributed by atoms with E-state index < -0.39 is 0 Å². The first-order chi connectivity index (χ1) is 16.4. The summed E-state index contributed by atoms with van der Waals surface area (Å²) in [5.41, 5.74) is 4.52. The summed E-state index contributed by atoms with van der Waals surface area (Å²) in [6.07, 6.45) is 3.96. The molecule has 0 saturated carbocycles. The first-order valence-corrected chi connectivity index (χ1v) is 12.4. The van der Waals surface area contributed by atoms with E-state index in [1.807, 2.05) is 18.2 Å². The van der Waals surface area contributed by atoms with Crippen molar-refractivity contribution in [3.63, 3.8) is 0 Å². The number of ether oxygens (including phenoxy) is 3. The predicted octanol–water partition coefficient (Wildman–Crippen LogP) is 5.20. The molecule has 3 saturated heterocycles. The van der Waals surface area contributed by atoms with Gasteiger partial charge in [0.2, 0.25) is 0 Å². The molecule has 0 radical (unpaired) electrons. The van der Waals surface area contributed by atoms with Crippen LogP contribution in [0.1, 0.15) is 50.3 Å². The van der Waals surface area contributed by atoms with E-state index in [4.69, 9.17) is 14.2 Å². The normalized spacial score (nSPS) is 26.9. The number of rotatable bonds is 5. The zero-order valence-electron chi connectivity index (χ0n) is 20.7. The highest BCUT2D eigenvalue weighted by molar-refractivity contribution is 5.73. The molecule has 3 fully saturated rings. The fourth-order valence-electron chi connectivity index (χ4n) is 5.94. The zero-order chi connectivity index (χ0) is 23.9. The van der Waals surface area contributed by atoms with Gasteiger partial charge < -0.3 is 19.5 Å². The highest BCUT2D eigenvalue weighted by Gasteiger charge is 2.40. The quantitative estimate of drug-likeness (QED) is 0.659. The van der Waals surface area contributed by atoms with Crippen LogP contribution < -0.4 is 14.8 Å². The summed E-state index contributed by atoms with van der Waals surface area (Å²) < 4.78 is 16.9. The lowest BCUT2D eigenvalue weighted by atomic mass is 9.70. The smallest absolute Gasteiger partial charge is 0.407 e. The Morgan fingerprint density at radius 1 is 1.06 bits per heavy atom. The predicted molar refractivity (Wildman–Crippen MR) is 132 cm³/mol. The average Bonchev–Trinajstić information content (AvgIpc) is 2.86. The lowest BCUT2D eigenvalue weighted by Gasteiger charge is -2.44. The van der Waals surface area contributed by atoms with Crippen LogP contribution in [0.3, 0.4) is 0 Å². The minimum atomic E-state index is -0.287. The van der Waals surface area contributed by atoms with Crippen LogP contribution in [-0.4, -0.2) is 51.0 Å². The Kier molecular flexibility index (Phi) is 6.19. The van der Waals surface area contributed by atoms with Gasteiger partial charge in [0.1, 0.15) is 17.6 Å². The van der Waals surface area contributed by atoms with Crippen LogP contribution in [0.25, 0.3) is 11.1 Å². The van der Waals surface area contributed by atoms with Crippen molar-refractivity contribution in [2.75, 3.05) is 33.9 Å². The summed E-state index contributed by atoms with van der Waals surface area (Å²) in [5, 5.41) is 3.25. The Bertz CT molecular complexity index is 1060.